The normalized spacial score (nSPS) is 13.4. The molecule has 1 aromatic heterocycles. The lowest BCUT2D eigenvalue weighted by atomic mass is 10.2. The number of hydrogen-bond donors (Lipinski definition) is 1. The fourth-order valence-electron chi connectivity index (χ4n) is 1.04. The molecule has 0 aromatic carbocycles. The fourth-order valence-corrected chi connectivity index (χ4v) is 2.07. The summed E-state index contributed by atoms with van der Waals surface area (Å²) in [4.78, 5) is 3.86. The van der Waals surface area contributed by atoms with Crippen LogP contribution in [0.2, 0.25) is 0 Å². The maximum atomic E-state index is 12.4. The van der Waals surface area contributed by atoms with Gasteiger partial charge in [0.05, 0.1) is 5.75 Å². The number of nitrogens with zero attached hydrogens (tertiary/aromatic N) is 2. The van der Waals surface area contributed by atoms with E-state index in [1.54, 1.807) is 0 Å². The van der Waals surface area contributed by atoms with E-state index in [-0.39, 0.29) is 12.5 Å². The molecule has 0 bridgehead atoms. The lowest BCUT2D eigenvalue weighted by Crippen LogP contribution is -2.06. The molecule has 0 radical (unpaired) electrons. The molecule has 0 aliphatic heterocycles. The van der Waals surface area contributed by atoms with Crippen molar-refractivity contribution < 1.29 is 13.9 Å². The van der Waals surface area contributed by atoms with Crippen molar-refractivity contribution in [1.29, 1.82) is 0 Å². The van der Waals surface area contributed by atoms with Crippen LogP contribution in [0.15, 0.2) is 12.4 Å². The molecule has 1 aromatic rings. The Kier molecular flexibility index (Phi) is 5.04. The van der Waals surface area contributed by atoms with Crippen LogP contribution in [0, 0.1) is 5.92 Å². The third-order valence-electron chi connectivity index (χ3n) is 1.90. The molecule has 6 heteroatoms. The van der Waals surface area contributed by atoms with Gasteiger partial charge in [0.1, 0.15) is 5.82 Å². The highest BCUT2D eigenvalue weighted by Crippen LogP contribution is 2.18. The van der Waals surface area contributed by atoms with Crippen molar-refractivity contribution in [2.45, 2.75) is 19.2 Å². The highest BCUT2D eigenvalue weighted by Gasteiger charge is 2.11. The van der Waals surface area contributed by atoms with Crippen LogP contribution >= 0.6 is 11.8 Å². The summed E-state index contributed by atoms with van der Waals surface area (Å²) < 4.78 is 25.6. The number of aromatic nitrogens is 2. The van der Waals surface area contributed by atoms with Gasteiger partial charge in [-0.2, -0.15) is 20.5 Å². The Morgan fingerprint density at radius 1 is 1.60 bits per heavy atom. The van der Waals surface area contributed by atoms with E-state index >= 15 is 0 Å². The summed E-state index contributed by atoms with van der Waals surface area (Å²) in [5.74, 6) is 1.75. The number of halogens is 2. The summed E-state index contributed by atoms with van der Waals surface area (Å²) in [5, 5.41) is 8.78. The molecule has 0 saturated heterocycles. The molecule has 0 fully saturated rings. The van der Waals surface area contributed by atoms with Gasteiger partial charge >= 0.3 is 6.55 Å². The van der Waals surface area contributed by atoms with Crippen LogP contribution in [-0.4, -0.2) is 27.0 Å². The highest BCUT2D eigenvalue weighted by molar-refractivity contribution is 7.98. The quantitative estimate of drug-likeness (QED) is 0.822. The number of alkyl halides is 2. The van der Waals surface area contributed by atoms with Gasteiger partial charge < -0.3 is 5.11 Å². The van der Waals surface area contributed by atoms with Crippen LogP contribution in [0.5, 0.6) is 0 Å². The lowest BCUT2D eigenvalue weighted by Gasteiger charge is -2.08. The number of thioether (sulfide) groups is 1. The molecule has 1 rings (SSSR count). The van der Waals surface area contributed by atoms with Gasteiger partial charge in [-0.15, -0.1) is 0 Å². The van der Waals surface area contributed by atoms with Crippen LogP contribution in [0.1, 0.15) is 19.3 Å². The summed E-state index contributed by atoms with van der Waals surface area (Å²) in [7, 11) is 0. The summed E-state index contributed by atoms with van der Waals surface area (Å²) in [6.45, 7) is -0.499. The average Bonchev–Trinajstić information content (AvgIpc) is 2.65. The van der Waals surface area contributed by atoms with Crippen LogP contribution in [0.25, 0.3) is 0 Å². The first-order valence-corrected chi connectivity index (χ1v) is 5.79. The Balaban J connectivity index is 2.40. The molecule has 1 heterocycles. The van der Waals surface area contributed by atoms with Crippen LogP contribution in [0.3, 0.4) is 0 Å². The maximum Gasteiger partial charge on any atom is 0.319 e. The van der Waals surface area contributed by atoms with Crippen molar-refractivity contribution in [2.75, 3.05) is 12.4 Å². The standard InChI is InChI=1S/C9H14F2N2OS/c1-7(4-14)5-15-6-8-12-2-3-13(8)9(10)11/h2-3,7,9,14H,4-6H2,1H3. The van der Waals surface area contributed by atoms with Gasteiger partial charge in [0.15, 0.2) is 0 Å². The van der Waals surface area contributed by atoms with Crippen molar-refractivity contribution in [3.8, 4) is 0 Å². The Labute approximate surface area is 91.5 Å². The minimum atomic E-state index is -2.53. The second kappa shape index (κ2) is 6.07. The molecule has 0 spiro atoms. The molecule has 86 valence electrons. The smallest absolute Gasteiger partial charge is 0.319 e. The molecular formula is C9H14F2N2OS. The number of imidazole rings is 1. The Hall–Kier alpha value is -0.620. The van der Waals surface area contributed by atoms with E-state index in [4.69, 9.17) is 5.11 Å². The Morgan fingerprint density at radius 3 is 2.93 bits per heavy atom. The number of aliphatic hydroxyl groups excluding tert-OH is 1. The highest BCUT2D eigenvalue weighted by atomic mass is 32.2. The molecular weight excluding hydrogens is 222 g/mol. The number of hydrogen-bond acceptors (Lipinski definition) is 3. The van der Waals surface area contributed by atoms with E-state index in [1.807, 2.05) is 6.92 Å². The van der Waals surface area contributed by atoms with E-state index in [0.29, 0.717) is 11.6 Å². The second-order valence-corrected chi connectivity index (χ2v) is 4.36. The van der Waals surface area contributed by atoms with Crippen molar-refractivity contribution in [1.82, 2.24) is 9.55 Å². The second-order valence-electron chi connectivity index (χ2n) is 3.33. The van der Waals surface area contributed by atoms with E-state index in [2.05, 4.69) is 4.98 Å². The molecule has 15 heavy (non-hydrogen) atoms. The molecule has 0 amide bonds. The first-order valence-electron chi connectivity index (χ1n) is 4.63. The van der Waals surface area contributed by atoms with Gasteiger partial charge in [0.25, 0.3) is 0 Å². The third kappa shape index (κ3) is 3.79. The fraction of sp³-hybridized carbons (Fsp3) is 0.667. The summed E-state index contributed by atoms with van der Waals surface area (Å²) >= 11 is 1.50. The van der Waals surface area contributed by atoms with Crippen molar-refractivity contribution in [2.24, 2.45) is 5.92 Å². The van der Waals surface area contributed by atoms with Crippen molar-refractivity contribution in [3.63, 3.8) is 0 Å². The van der Waals surface area contributed by atoms with Crippen LogP contribution in [-0.2, 0) is 5.75 Å². The topological polar surface area (TPSA) is 38.1 Å². The predicted molar refractivity (Wildman–Crippen MR) is 55.9 cm³/mol. The van der Waals surface area contributed by atoms with Gasteiger partial charge in [-0.25, -0.2) is 4.98 Å². The minimum absolute atomic E-state index is 0.121. The van der Waals surface area contributed by atoms with E-state index in [0.717, 1.165) is 10.3 Å². The summed E-state index contributed by atoms with van der Waals surface area (Å²) in [6, 6.07) is 0. The molecule has 1 N–H and O–H groups in total. The summed E-state index contributed by atoms with van der Waals surface area (Å²) in [5.41, 5.74) is 0. The van der Waals surface area contributed by atoms with E-state index in [1.165, 1.54) is 24.2 Å². The van der Waals surface area contributed by atoms with Crippen molar-refractivity contribution >= 4 is 11.8 Å². The zero-order valence-corrected chi connectivity index (χ0v) is 9.25. The first-order chi connectivity index (χ1) is 7.15. The van der Waals surface area contributed by atoms with Crippen LogP contribution in [0.4, 0.5) is 8.78 Å². The predicted octanol–water partition coefficient (Wildman–Crippen LogP) is 2.14. The lowest BCUT2D eigenvalue weighted by molar-refractivity contribution is 0.0678. The number of aliphatic hydroxyl groups is 1. The van der Waals surface area contributed by atoms with Crippen LogP contribution < -0.4 is 0 Å². The monoisotopic (exact) mass is 236 g/mol. The minimum Gasteiger partial charge on any atom is -0.396 e. The maximum absolute atomic E-state index is 12.4. The largest absolute Gasteiger partial charge is 0.396 e. The van der Waals surface area contributed by atoms with Gasteiger partial charge in [0, 0.05) is 19.0 Å². The van der Waals surface area contributed by atoms with Gasteiger partial charge in [-0.1, -0.05) is 6.92 Å². The molecule has 3 nitrogen and oxygen atoms in total. The molecule has 0 saturated carbocycles. The summed E-state index contributed by atoms with van der Waals surface area (Å²) in [6.07, 6.45) is 2.65. The Bertz CT molecular complexity index is 293. The zero-order valence-electron chi connectivity index (χ0n) is 8.44. The Morgan fingerprint density at radius 2 is 2.33 bits per heavy atom. The zero-order chi connectivity index (χ0) is 11.3. The van der Waals surface area contributed by atoms with E-state index < -0.39 is 6.55 Å². The number of rotatable bonds is 6. The SMILES string of the molecule is CC(CO)CSCc1nccn1C(F)F. The third-order valence-corrected chi connectivity index (χ3v) is 3.17. The molecule has 0 aliphatic rings. The van der Waals surface area contributed by atoms with Gasteiger partial charge in [-0.3, -0.25) is 4.57 Å². The first kappa shape index (κ1) is 12.4. The molecule has 1 unspecified atom stereocenters. The van der Waals surface area contributed by atoms with Gasteiger partial charge in [0.2, 0.25) is 0 Å². The molecule has 1 atom stereocenters. The van der Waals surface area contributed by atoms with E-state index in [9.17, 15) is 8.78 Å². The van der Waals surface area contributed by atoms with Gasteiger partial charge in [-0.05, 0) is 11.7 Å². The average molecular weight is 236 g/mol. The molecule has 0 aliphatic carbocycles. The van der Waals surface area contributed by atoms with Crippen molar-refractivity contribution in [3.05, 3.63) is 18.2 Å².